The zero-order valence-corrected chi connectivity index (χ0v) is 25.6. The molecule has 0 heterocycles. The van der Waals surface area contributed by atoms with Gasteiger partial charge in [0, 0.05) is 22.6 Å². The van der Waals surface area contributed by atoms with Crippen LogP contribution >= 0.6 is 23.2 Å². The molecule has 40 heavy (non-hydrogen) atoms. The van der Waals surface area contributed by atoms with Crippen molar-refractivity contribution >= 4 is 50.7 Å². The Morgan fingerprint density at radius 1 is 0.950 bits per heavy atom. The van der Waals surface area contributed by atoms with Crippen LogP contribution in [0, 0.1) is 13.8 Å². The van der Waals surface area contributed by atoms with Gasteiger partial charge in [-0.1, -0.05) is 66.0 Å². The third-order valence-electron chi connectivity index (χ3n) is 6.74. The Kier molecular flexibility index (Phi) is 10.6. The molecule has 0 saturated carbocycles. The molecule has 10 heteroatoms. The summed E-state index contributed by atoms with van der Waals surface area (Å²) in [4.78, 5) is 28.5. The number of hydrogen-bond donors (Lipinski definition) is 1. The lowest BCUT2D eigenvalue weighted by Gasteiger charge is -2.32. The Morgan fingerprint density at radius 2 is 1.62 bits per heavy atom. The van der Waals surface area contributed by atoms with Crippen molar-refractivity contribution in [3.8, 4) is 0 Å². The van der Waals surface area contributed by atoms with Gasteiger partial charge in [0.15, 0.2) is 0 Å². The highest BCUT2D eigenvalue weighted by Gasteiger charge is 2.33. The van der Waals surface area contributed by atoms with Gasteiger partial charge in [0.05, 0.1) is 10.6 Å². The molecule has 2 unspecified atom stereocenters. The van der Waals surface area contributed by atoms with Crippen molar-refractivity contribution in [2.24, 2.45) is 0 Å². The Labute approximate surface area is 247 Å². The first kappa shape index (κ1) is 31.5. The molecule has 2 atom stereocenters. The Bertz CT molecular complexity index is 1460. The smallest absolute Gasteiger partial charge is 0.264 e. The second-order valence-electron chi connectivity index (χ2n) is 9.90. The summed E-state index contributed by atoms with van der Waals surface area (Å²) in [7, 11) is -4.17. The number of hydrogen-bond acceptors (Lipinski definition) is 4. The predicted octanol–water partition coefficient (Wildman–Crippen LogP) is 6.14. The number of rotatable bonds is 11. The SMILES string of the molecule is CCC(C)NC(=O)C(C)N(Cc1cccc(Cl)c1)C(=O)CN(c1ccc(C)c(Cl)c1)S(=O)(=O)c1ccc(C)cc1. The summed E-state index contributed by atoms with van der Waals surface area (Å²) < 4.78 is 28.8. The maximum Gasteiger partial charge on any atom is 0.264 e. The van der Waals surface area contributed by atoms with Crippen molar-refractivity contribution < 1.29 is 18.0 Å². The molecule has 0 radical (unpaired) electrons. The van der Waals surface area contributed by atoms with Crippen LogP contribution in [-0.2, 0) is 26.2 Å². The molecule has 0 saturated heterocycles. The second kappa shape index (κ2) is 13.5. The number of nitrogens with one attached hydrogen (secondary N) is 1. The maximum absolute atomic E-state index is 14.0. The molecular weight excluding hydrogens is 569 g/mol. The van der Waals surface area contributed by atoms with E-state index in [0.29, 0.717) is 15.6 Å². The largest absolute Gasteiger partial charge is 0.352 e. The summed E-state index contributed by atoms with van der Waals surface area (Å²) in [5, 5.41) is 3.77. The number of nitrogens with zero attached hydrogens (tertiary/aromatic N) is 2. The van der Waals surface area contributed by atoms with Gasteiger partial charge < -0.3 is 10.2 Å². The van der Waals surface area contributed by atoms with Crippen molar-refractivity contribution in [1.29, 1.82) is 0 Å². The molecule has 0 aliphatic carbocycles. The number of carbonyl (C=O) groups excluding carboxylic acids is 2. The van der Waals surface area contributed by atoms with E-state index in [2.05, 4.69) is 5.32 Å². The lowest BCUT2D eigenvalue weighted by Crippen LogP contribution is -2.52. The molecule has 0 aliphatic heterocycles. The quantitative estimate of drug-likeness (QED) is 0.285. The molecule has 0 fully saturated rings. The summed E-state index contributed by atoms with van der Waals surface area (Å²) >= 11 is 12.6. The minimum Gasteiger partial charge on any atom is -0.352 e. The fourth-order valence-electron chi connectivity index (χ4n) is 3.98. The zero-order valence-electron chi connectivity index (χ0n) is 23.3. The van der Waals surface area contributed by atoms with Gasteiger partial charge in [-0.05, 0) is 81.6 Å². The van der Waals surface area contributed by atoms with E-state index in [-0.39, 0.29) is 29.1 Å². The highest BCUT2D eigenvalue weighted by atomic mass is 35.5. The van der Waals surface area contributed by atoms with Crippen LogP contribution in [0.5, 0.6) is 0 Å². The van der Waals surface area contributed by atoms with Crippen LogP contribution in [0.4, 0.5) is 5.69 Å². The van der Waals surface area contributed by atoms with E-state index in [1.807, 2.05) is 20.8 Å². The van der Waals surface area contributed by atoms with Crippen LogP contribution in [0.1, 0.15) is 43.9 Å². The van der Waals surface area contributed by atoms with Crippen LogP contribution in [0.2, 0.25) is 10.0 Å². The van der Waals surface area contributed by atoms with Gasteiger partial charge in [0.25, 0.3) is 10.0 Å². The number of amides is 2. The van der Waals surface area contributed by atoms with Crippen molar-refractivity contribution in [1.82, 2.24) is 10.2 Å². The Balaban J connectivity index is 2.05. The Hall–Kier alpha value is -3.07. The van der Waals surface area contributed by atoms with Crippen molar-refractivity contribution in [2.45, 2.75) is 64.6 Å². The summed E-state index contributed by atoms with van der Waals surface area (Å²) in [5.74, 6) is -0.893. The van der Waals surface area contributed by atoms with Gasteiger partial charge in [-0.25, -0.2) is 8.42 Å². The highest BCUT2D eigenvalue weighted by molar-refractivity contribution is 7.92. The van der Waals surface area contributed by atoms with Gasteiger partial charge in [0.1, 0.15) is 12.6 Å². The average molecular weight is 605 g/mol. The average Bonchev–Trinajstić information content (AvgIpc) is 2.91. The molecule has 3 aromatic carbocycles. The van der Waals surface area contributed by atoms with Gasteiger partial charge in [0.2, 0.25) is 11.8 Å². The molecule has 0 aliphatic rings. The van der Waals surface area contributed by atoms with E-state index in [4.69, 9.17) is 23.2 Å². The van der Waals surface area contributed by atoms with Crippen LogP contribution in [0.3, 0.4) is 0 Å². The maximum atomic E-state index is 14.0. The number of sulfonamides is 1. The molecular formula is C30H35Cl2N3O4S. The molecule has 0 spiro atoms. The first-order chi connectivity index (χ1) is 18.8. The van der Waals surface area contributed by atoms with Crippen molar-refractivity contribution in [2.75, 3.05) is 10.8 Å². The molecule has 0 bridgehead atoms. The van der Waals surface area contributed by atoms with Gasteiger partial charge in [-0.2, -0.15) is 0 Å². The molecule has 214 valence electrons. The summed E-state index contributed by atoms with van der Waals surface area (Å²) in [6.45, 7) is 8.63. The standard InChI is InChI=1S/C30H35Cl2N3O4S/c1-6-22(4)33-30(37)23(5)34(18-24-8-7-9-25(31)16-24)29(36)19-35(26-13-12-21(3)28(32)17-26)40(38,39)27-14-10-20(2)11-15-27/h7-17,22-23H,6,18-19H2,1-5H3,(H,33,37). The van der Waals surface area contributed by atoms with E-state index in [1.165, 1.54) is 23.1 Å². The monoisotopic (exact) mass is 603 g/mol. The lowest BCUT2D eigenvalue weighted by molar-refractivity contribution is -0.139. The van der Waals surface area contributed by atoms with Gasteiger partial charge >= 0.3 is 0 Å². The molecule has 3 rings (SSSR count). The fraction of sp³-hybridized carbons (Fsp3) is 0.333. The molecule has 7 nitrogen and oxygen atoms in total. The van der Waals surface area contributed by atoms with Crippen LogP contribution in [0.25, 0.3) is 0 Å². The van der Waals surface area contributed by atoms with E-state index < -0.39 is 28.5 Å². The summed E-state index contributed by atoms with van der Waals surface area (Å²) in [6, 6.07) is 17.2. The lowest BCUT2D eigenvalue weighted by atomic mass is 10.1. The molecule has 0 aromatic heterocycles. The number of benzene rings is 3. The number of carbonyl (C=O) groups is 2. The summed E-state index contributed by atoms with van der Waals surface area (Å²) in [5.41, 5.74) is 2.61. The van der Waals surface area contributed by atoms with E-state index in [0.717, 1.165) is 21.9 Å². The summed E-state index contributed by atoms with van der Waals surface area (Å²) in [6.07, 6.45) is 0.720. The Morgan fingerprint density at radius 3 is 2.23 bits per heavy atom. The number of aryl methyl sites for hydroxylation is 2. The van der Waals surface area contributed by atoms with Crippen LogP contribution < -0.4 is 9.62 Å². The first-order valence-corrected chi connectivity index (χ1v) is 15.2. The second-order valence-corrected chi connectivity index (χ2v) is 12.6. The normalized spacial score (nSPS) is 12.9. The van der Waals surface area contributed by atoms with E-state index in [9.17, 15) is 18.0 Å². The number of halogens is 2. The minimum atomic E-state index is -4.17. The third kappa shape index (κ3) is 7.77. The fourth-order valence-corrected chi connectivity index (χ4v) is 5.78. The third-order valence-corrected chi connectivity index (χ3v) is 9.17. The van der Waals surface area contributed by atoms with Crippen LogP contribution in [0.15, 0.2) is 71.6 Å². The van der Waals surface area contributed by atoms with E-state index in [1.54, 1.807) is 62.4 Å². The van der Waals surface area contributed by atoms with E-state index >= 15 is 0 Å². The minimum absolute atomic E-state index is 0.0338. The van der Waals surface area contributed by atoms with Gasteiger partial charge in [-0.15, -0.1) is 0 Å². The topological polar surface area (TPSA) is 86.8 Å². The molecule has 1 N–H and O–H groups in total. The molecule has 2 amide bonds. The highest BCUT2D eigenvalue weighted by Crippen LogP contribution is 2.29. The van der Waals surface area contributed by atoms with Crippen molar-refractivity contribution in [3.63, 3.8) is 0 Å². The molecule has 3 aromatic rings. The first-order valence-electron chi connectivity index (χ1n) is 13.0. The van der Waals surface area contributed by atoms with Crippen LogP contribution in [-0.4, -0.2) is 43.8 Å². The van der Waals surface area contributed by atoms with Crippen molar-refractivity contribution in [3.05, 3.63) is 93.5 Å². The zero-order chi connectivity index (χ0) is 29.6. The number of anilines is 1. The van der Waals surface area contributed by atoms with Gasteiger partial charge in [-0.3, -0.25) is 13.9 Å². The predicted molar refractivity (Wildman–Crippen MR) is 161 cm³/mol.